The Labute approximate surface area is 431 Å². The molecule has 2 N–H and O–H groups in total. The van der Waals surface area contributed by atoms with Crippen LogP contribution in [0, 0.1) is 5.92 Å². The maximum atomic E-state index is 14.4. The summed E-state index contributed by atoms with van der Waals surface area (Å²) >= 11 is 1.45. The topological polar surface area (TPSA) is 125 Å². The SMILES string of the molecule is CC(Sc1ccccc1)[C@@H](CCN(C)CCO[Si](C)(C)C(C)(C)C)Nc1ccc(S(=O)(=O)NC(=O)c2ccc(N3CCC(Cc4ccccc4-c4ccc(C(F)(F)F)cc4)CC3)cc2)cc1S(=O)(=O)C(F)(F)F. The largest absolute Gasteiger partial charge is 0.501 e. The van der Waals surface area contributed by atoms with Gasteiger partial charge in [-0.2, -0.15) is 26.3 Å². The van der Waals surface area contributed by atoms with Gasteiger partial charge in [0.15, 0.2) is 8.32 Å². The Morgan fingerprint density at radius 2 is 1.44 bits per heavy atom. The fraction of sp³-hybridized carbons (Fsp3) is 0.415. The van der Waals surface area contributed by atoms with Crippen molar-refractivity contribution < 1.29 is 52.4 Å². The maximum Gasteiger partial charge on any atom is 0.501 e. The van der Waals surface area contributed by atoms with Crippen molar-refractivity contribution in [1.29, 1.82) is 0 Å². The Morgan fingerprint density at radius 1 is 0.822 bits per heavy atom. The molecule has 1 aliphatic rings. The number of benzene rings is 5. The van der Waals surface area contributed by atoms with E-state index in [1.807, 2.05) is 78.2 Å². The van der Waals surface area contributed by atoms with E-state index in [-0.39, 0.29) is 21.8 Å². The first-order valence-electron chi connectivity index (χ1n) is 24.0. The summed E-state index contributed by atoms with van der Waals surface area (Å²) in [4.78, 5) is 16.3. The predicted molar refractivity (Wildman–Crippen MR) is 281 cm³/mol. The van der Waals surface area contributed by atoms with Gasteiger partial charge in [-0.1, -0.05) is 82.3 Å². The van der Waals surface area contributed by atoms with Crippen LogP contribution in [0.5, 0.6) is 0 Å². The number of alkyl halides is 6. The Balaban J connectivity index is 1.13. The molecular formula is C53H64F6N4O6S3Si. The third-order valence-corrected chi connectivity index (χ3v) is 22.4. The third-order valence-electron chi connectivity index (χ3n) is 13.8. The number of carbonyl (C=O) groups is 1. The van der Waals surface area contributed by atoms with Crippen molar-refractivity contribution in [2.75, 3.05) is 50.1 Å². The first-order valence-corrected chi connectivity index (χ1v) is 30.7. The van der Waals surface area contributed by atoms with Gasteiger partial charge in [-0.15, -0.1) is 11.8 Å². The molecule has 1 heterocycles. The quantitative estimate of drug-likeness (QED) is 0.0442. The molecule has 0 bridgehead atoms. The number of rotatable bonds is 20. The average Bonchev–Trinajstić information content (AvgIpc) is 3.32. The van der Waals surface area contributed by atoms with E-state index in [0.29, 0.717) is 50.8 Å². The second-order valence-electron chi connectivity index (χ2n) is 20.0. The van der Waals surface area contributed by atoms with Crippen LogP contribution in [0.15, 0.2) is 136 Å². The highest BCUT2D eigenvalue weighted by atomic mass is 32.2. The van der Waals surface area contributed by atoms with E-state index in [1.54, 1.807) is 12.1 Å². The van der Waals surface area contributed by atoms with Crippen LogP contribution < -0.4 is 14.9 Å². The highest BCUT2D eigenvalue weighted by molar-refractivity contribution is 8.00. The zero-order valence-electron chi connectivity index (χ0n) is 42.0. The number of anilines is 2. The minimum atomic E-state index is -6.13. The number of nitrogens with one attached hydrogen (secondary N) is 2. The van der Waals surface area contributed by atoms with Crippen LogP contribution in [0.2, 0.25) is 18.1 Å². The van der Waals surface area contributed by atoms with Crippen LogP contribution in [-0.4, -0.2) is 92.6 Å². The lowest BCUT2D eigenvalue weighted by Crippen LogP contribution is -2.42. The zero-order chi connectivity index (χ0) is 53.6. The summed E-state index contributed by atoms with van der Waals surface area (Å²) in [6, 6.07) is 30.0. The normalized spacial score (nSPS) is 15.3. The number of nitrogens with zero attached hydrogens (tertiary/aromatic N) is 2. The summed E-state index contributed by atoms with van der Waals surface area (Å²) in [6.45, 7) is 15.5. The van der Waals surface area contributed by atoms with E-state index in [2.05, 4.69) is 44.1 Å². The number of sulfone groups is 1. The van der Waals surface area contributed by atoms with Gasteiger partial charge in [0.25, 0.3) is 25.8 Å². The van der Waals surface area contributed by atoms with Crippen molar-refractivity contribution in [2.24, 2.45) is 5.92 Å². The molecule has 2 atom stereocenters. The second kappa shape index (κ2) is 23.4. The maximum absolute atomic E-state index is 14.4. The standard InChI is InChI=1S/C53H64F6N4O6S3Si/c1-37(70-44-14-9-8-10-15-44)47(29-30-62(5)33-34-69-73(6,7)51(2,3)4)60-48-26-25-45(36-49(48)71(65,66)53(57,58)59)72(67,68)61-50(64)40-19-23-43(24-20-40)63-31-27-38(28-32-63)35-41-13-11-12-16-46(41)39-17-21-42(22-18-39)52(54,55)56/h8-26,36-38,47,60H,27-35H2,1-7H3,(H,61,64)/t37?,47-/m1/s1. The zero-order valence-corrected chi connectivity index (χ0v) is 45.4. The molecule has 73 heavy (non-hydrogen) atoms. The summed E-state index contributed by atoms with van der Waals surface area (Å²) in [7, 11) is -11.2. The molecule has 5 aromatic rings. The number of halogens is 6. The summed E-state index contributed by atoms with van der Waals surface area (Å²) in [6.07, 6.45) is -1.73. The van der Waals surface area contributed by atoms with Crippen LogP contribution >= 0.6 is 11.8 Å². The molecule has 1 unspecified atom stereocenters. The van der Waals surface area contributed by atoms with Gasteiger partial charge < -0.3 is 19.5 Å². The van der Waals surface area contributed by atoms with Gasteiger partial charge in [-0.05, 0) is 147 Å². The molecule has 396 valence electrons. The second-order valence-corrected chi connectivity index (χ2v) is 29.9. The fourth-order valence-corrected chi connectivity index (χ4v) is 12.5. The minimum Gasteiger partial charge on any atom is -0.416 e. The van der Waals surface area contributed by atoms with Gasteiger partial charge in [0, 0.05) is 53.7 Å². The first-order chi connectivity index (χ1) is 34.1. The van der Waals surface area contributed by atoms with Gasteiger partial charge >= 0.3 is 11.7 Å². The van der Waals surface area contributed by atoms with E-state index in [1.165, 1.54) is 36.0 Å². The Kier molecular flexibility index (Phi) is 18.4. The van der Waals surface area contributed by atoms with Crippen LogP contribution in [0.25, 0.3) is 11.1 Å². The number of hydrogen-bond donors (Lipinski definition) is 2. The van der Waals surface area contributed by atoms with Gasteiger partial charge in [-0.3, -0.25) is 4.79 Å². The summed E-state index contributed by atoms with van der Waals surface area (Å²) in [5, 5.41) is 2.73. The molecule has 1 saturated heterocycles. The Hall–Kier alpha value is -4.86. The smallest absolute Gasteiger partial charge is 0.416 e. The molecular weight excluding hydrogens is 1030 g/mol. The lowest BCUT2D eigenvalue weighted by atomic mass is 9.86. The third kappa shape index (κ3) is 14.9. The average molecular weight is 1090 g/mol. The molecule has 20 heteroatoms. The predicted octanol–water partition coefficient (Wildman–Crippen LogP) is 12.5. The highest BCUT2D eigenvalue weighted by Crippen LogP contribution is 2.39. The Bertz CT molecular complexity index is 2880. The van der Waals surface area contributed by atoms with Crippen molar-refractivity contribution in [2.45, 2.75) is 109 Å². The molecule has 0 aliphatic carbocycles. The molecule has 10 nitrogen and oxygen atoms in total. The molecule has 1 aliphatic heterocycles. The van der Waals surface area contributed by atoms with E-state index < -0.39 is 72.9 Å². The summed E-state index contributed by atoms with van der Waals surface area (Å²) in [5.74, 6) is -0.789. The van der Waals surface area contributed by atoms with Crippen molar-refractivity contribution in [3.8, 4) is 11.1 Å². The molecule has 0 spiro atoms. The lowest BCUT2D eigenvalue weighted by molar-refractivity contribution is -0.137. The number of piperidine rings is 1. The lowest BCUT2D eigenvalue weighted by Gasteiger charge is -2.36. The minimum absolute atomic E-state index is 0.0137. The van der Waals surface area contributed by atoms with Crippen molar-refractivity contribution in [3.05, 3.63) is 138 Å². The first kappa shape index (κ1) is 57.4. The molecule has 0 saturated carbocycles. The van der Waals surface area contributed by atoms with Crippen LogP contribution in [0.3, 0.4) is 0 Å². The van der Waals surface area contributed by atoms with Crippen molar-refractivity contribution in [1.82, 2.24) is 9.62 Å². The van der Waals surface area contributed by atoms with Crippen molar-refractivity contribution >= 4 is 57.2 Å². The summed E-state index contributed by atoms with van der Waals surface area (Å²) in [5.41, 5.74) is -3.64. The van der Waals surface area contributed by atoms with E-state index in [9.17, 15) is 48.0 Å². The van der Waals surface area contributed by atoms with E-state index in [4.69, 9.17) is 4.43 Å². The number of likely N-dealkylation sites (N-methyl/N-ethyl adjacent to an activating group) is 1. The molecule has 6 rings (SSSR count). The van der Waals surface area contributed by atoms with Gasteiger partial charge in [-0.25, -0.2) is 21.6 Å². The summed E-state index contributed by atoms with van der Waals surface area (Å²) < 4.78 is 145. The molecule has 1 amide bonds. The molecule has 5 aromatic carbocycles. The number of thioether (sulfide) groups is 1. The number of sulfonamides is 1. The Morgan fingerprint density at radius 3 is 2.04 bits per heavy atom. The molecule has 0 radical (unpaired) electrons. The number of amides is 1. The molecule has 1 fully saturated rings. The van der Waals surface area contributed by atoms with Crippen LogP contribution in [0.4, 0.5) is 37.7 Å². The monoisotopic (exact) mass is 1090 g/mol. The van der Waals surface area contributed by atoms with Crippen LogP contribution in [0.1, 0.15) is 68.4 Å². The number of hydrogen-bond acceptors (Lipinski definition) is 10. The van der Waals surface area contributed by atoms with Gasteiger partial charge in [0.1, 0.15) is 4.90 Å². The molecule has 0 aromatic heterocycles. The number of carbonyl (C=O) groups excluding carboxylic acids is 1. The van der Waals surface area contributed by atoms with Gasteiger partial charge in [0.2, 0.25) is 0 Å². The van der Waals surface area contributed by atoms with Gasteiger partial charge in [0.05, 0.1) is 16.1 Å². The fourth-order valence-electron chi connectivity index (χ4n) is 8.29. The van der Waals surface area contributed by atoms with Crippen molar-refractivity contribution in [3.63, 3.8) is 0 Å². The highest BCUT2D eigenvalue weighted by Gasteiger charge is 2.49. The van der Waals surface area contributed by atoms with E-state index >= 15 is 0 Å². The van der Waals surface area contributed by atoms with E-state index in [0.717, 1.165) is 65.2 Å². The van der Waals surface area contributed by atoms with Crippen LogP contribution in [-0.2, 0) is 36.9 Å².